The normalized spacial score (nSPS) is 10.3. The molecule has 0 atom stereocenters. The van der Waals surface area contributed by atoms with Crippen molar-refractivity contribution in [3.05, 3.63) is 29.3 Å². The number of nitrogen functional groups attached to an aromatic ring is 1. The molecule has 0 saturated carbocycles. The van der Waals surface area contributed by atoms with Gasteiger partial charge in [0.1, 0.15) is 0 Å². The quantitative estimate of drug-likeness (QED) is 0.929. The van der Waals surface area contributed by atoms with E-state index in [2.05, 4.69) is 15.0 Å². The number of aromatic nitrogens is 3. The van der Waals surface area contributed by atoms with Gasteiger partial charge in [0.15, 0.2) is 0 Å². The van der Waals surface area contributed by atoms with Crippen LogP contribution in [0.3, 0.4) is 0 Å². The number of nitrogens with two attached hydrogens (primary N) is 1. The zero-order chi connectivity index (χ0) is 13.0. The number of nitrogens with zero attached hydrogens (tertiary/aromatic N) is 3. The molecule has 2 N–H and O–H groups in total. The van der Waals surface area contributed by atoms with Gasteiger partial charge in [-0.2, -0.15) is 15.0 Å². The number of ether oxygens (including phenoxy) is 1. The van der Waals surface area contributed by atoms with E-state index in [4.69, 9.17) is 22.1 Å². The van der Waals surface area contributed by atoms with Crippen LogP contribution in [-0.2, 0) is 0 Å². The Balaban J connectivity index is 2.20. The summed E-state index contributed by atoms with van der Waals surface area (Å²) < 4.78 is 5.21. The molecular formula is C11H11ClN4OS. The smallest absolute Gasteiger partial charge is 0.322 e. The molecule has 0 bridgehead atoms. The first kappa shape index (κ1) is 12.9. The van der Waals surface area contributed by atoms with Crippen molar-refractivity contribution in [3.8, 4) is 6.01 Å². The van der Waals surface area contributed by atoms with Crippen molar-refractivity contribution in [2.24, 2.45) is 0 Å². The molecule has 0 saturated heterocycles. The van der Waals surface area contributed by atoms with Crippen molar-refractivity contribution in [2.45, 2.75) is 17.0 Å². The van der Waals surface area contributed by atoms with Crippen molar-refractivity contribution in [2.75, 3.05) is 12.3 Å². The fourth-order valence-electron chi connectivity index (χ4n) is 1.20. The summed E-state index contributed by atoms with van der Waals surface area (Å²) in [5, 5.41) is 1.18. The van der Waals surface area contributed by atoms with Crippen molar-refractivity contribution in [1.29, 1.82) is 0 Å². The Kier molecular flexibility index (Phi) is 4.22. The molecule has 7 heteroatoms. The Morgan fingerprint density at radius 1 is 1.22 bits per heavy atom. The molecule has 94 valence electrons. The molecule has 0 fully saturated rings. The lowest BCUT2D eigenvalue weighted by Crippen LogP contribution is -2.04. The van der Waals surface area contributed by atoms with Crippen LogP contribution < -0.4 is 10.5 Å². The maximum atomic E-state index is 5.82. The van der Waals surface area contributed by atoms with Crippen molar-refractivity contribution in [1.82, 2.24) is 15.0 Å². The van der Waals surface area contributed by atoms with Crippen LogP contribution in [0.1, 0.15) is 6.92 Å². The maximum Gasteiger partial charge on any atom is 0.322 e. The zero-order valence-corrected chi connectivity index (χ0v) is 11.2. The Labute approximate surface area is 114 Å². The molecular weight excluding hydrogens is 272 g/mol. The van der Waals surface area contributed by atoms with Gasteiger partial charge in [0.25, 0.3) is 0 Å². The van der Waals surface area contributed by atoms with Gasteiger partial charge in [-0.15, -0.1) is 0 Å². The summed E-state index contributed by atoms with van der Waals surface area (Å²) in [6, 6.07) is 7.61. The zero-order valence-electron chi connectivity index (χ0n) is 9.63. The van der Waals surface area contributed by atoms with E-state index in [1.54, 1.807) is 12.1 Å². The molecule has 2 rings (SSSR count). The first-order valence-corrected chi connectivity index (χ1v) is 6.44. The highest BCUT2D eigenvalue weighted by molar-refractivity contribution is 7.99. The molecule has 0 aliphatic heterocycles. The minimum atomic E-state index is 0.143. The molecule has 0 spiro atoms. The van der Waals surface area contributed by atoms with E-state index in [9.17, 15) is 0 Å². The highest BCUT2D eigenvalue weighted by Crippen LogP contribution is 2.26. The lowest BCUT2D eigenvalue weighted by molar-refractivity contribution is 0.308. The van der Waals surface area contributed by atoms with Crippen LogP contribution >= 0.6 is 23.4 Å². The van der Waals surface area contributed by atoms with Crippen LogP contribution in [0.5, 0.6) is 6.01 Å². The Morgan fingerprint density at radius 2 is 1.94 bits per heavy atom. The summed E-state index contributed by atoms with van der Waals surface area (Å²) in [7, 11) is 0. The van der Waals surface area contributed by atoms with E-state index in [0.717, 1.165) is 4.90 Å². The van der Waals surface area contributed by atoms with E-state index >= 15 is 0 Å². The van der Waals surface area contributed by atoms with Gasteiger partial charge in [0, 0.05) is 9.92 Å². The molecule has 1 aromatic carbocycles. The molecule has 2 aromatic rings. The molecule has 0 aliphatic rings. The van der Waals surface area contributed by atoms with E-state index in [-0.39, 0.29) is 12.0 Å². The molecule has 18 heavy (non-hydrogen) atoms. The second kappa shape index (κ2) is 5.88. The third kappa shape index (κ3) is 3.48. The van der Waals surface area contributed by atoms with Crippen LogP contribution in [-0.4, -0.2) is 21.6 Å². The van der Waals surface area contributed by atoms with E-state index in [1.807, 2.05) is 19.1 Å². The van der Waals surface area contributed by atoms with Gasteiger partial charge in [0.05, 0.1) is 6.61 Å². The van der Waals surface area contributed by atoms with E-state index in [1.165, 1.54) is 11.8 Å². The van der Waals surface area contributed by atoms with Crippen LogP contribution in [0, 0.1) is 0 Å². The molecule has 5 nitrogen and oxygen atoms in total. The highest BCUT2D eigenvalue weighted by atomic mass is 35.5. The van der Waals surface area contributed by atoms with Crippen LogP contribution in [0.15, 0.2) is 34.3 Å². The summed E-state index contributed by atoms with van der Waals surface area (Å²) >= 11 is 7.19. The van der Waals surface area contributed by atoms with Gasteiger partial charge in [-0.1, -0.05) is 11.6 Å². The van der Waals surface area contributed by atoms with E-state index in [0.29, 0.717) is 16.8 Å². The summed E-state index contributed by atoms with van der Waals surface area (Å²) in [5.74, 6) is 0.143. The van der Waals surface area contributed by atoms with Gasteiger partial charge in [-0.05, 0) is 43.0 Å². The molecule has 0 radical (unpaired) electrons. The lowest BCUT2D eigenvalue weighted by Gasteiger charge is -2.04. The molecule has 0 amide bonds. The topological polar surface area (TPSA) is 73.9 Å². The first-order valence-electron chi connectivity index (χ1n) is 5.25. The van der Waals surface area contributed by atoms with Crippen LogP contribution in [0.2, 0.25) is 5.02 Å². The molecule has 0 unspecified atom stereocenters. The predicted molar refractivity (Wildman–Crippen MR) is 71.0 cm³/mol. The first-order chi connectivity index (χ1) is 8.67. The summed E-state index contributed by atoms with van der Waals surface area (Å²) in [6.07, 6.45) is 0. The largest absolute Gasteiger partial charge is 0.464 e. The number of halogens is 1. The van der Waals surface area contributed by atoms with Crippen LogP contribution in [0.25, 0.3) is 0 Å². The second-order valence-electron chi connectivity index (χ2n) is 3.25. The fourth-order valence-corrected chi connectivity index (χ4v) is 2.07. The summed E-state index contributed by atoms with van der Waals surface area (Å²) in [6.45, 7) is 2.33. The molecule has 1 heterocycles. The third-order valence-electron chi connectivity index (χ3n) is 1.91. The number of hydrogen-bond donors (Lipinski definition) is 1. The van der Waals surface area contributed by atoms with Gasteiger partial charge in [-0.3, -0.25) is 0 Å². The average Bonchev–Trinajstić information content (AvgIpc) is 2.32. The number of anilines is 1. The Morgan fingerprint density at radius 3 is 2.61 bits per heavy atom. The fraction of sp³-hybridized carbons (Fsp3) is 0.182. The van der Waals surface area contributed by atoms with Crippen LogP contribution in [0.4, 0.5) is 5.95 Å². The second-order valence-corrected chi connectivity index (χ2v) is 4.72. The third-order valence-corrected chi connectivity index (χ3v) is 3.03. The Hall–Kier alpha value is -1.53. The van der Waals surface area contributed by atoms with Gasteiger partial charge in [-0.25, -0.2) is 0 Å². The summed E-state index contributed by atoms with van der Waals surface area (Å²) in [5.41, 5.74) is 5.59. The minimum Gasteiger partial charge on any atom is -0.464 e. The molecule has 1 aromatic heterocycles. The van der Waals surface area contributed by atoms with Crippen molar-refractivity contribution >= 4 is 29.3 Å². The minimum absolute atomic E-state index is 0.143. The van der Waals surface area contributed by atoms with Gasteiger partial charge >= 0.3 is 6.01 Å². The van der Waals surface area contributed by atoms with Gasteiger partial charge < -0.3 is 10.5 Å². The monoisotopic (exact) mass is 282 g/mol. The summed E-state index contributed by atoms with van der Waals surface area (Å²) in [4.78, 5) is 13.0. The Bertz CT molecular complexity index is 535. The highest BCUT2D eigenvalue weighted by Gasteiger charge is 2.06. The predicted octanol–water partition coefficient (Wildman–Crippen LogP) is 2.66. The van der Waals surface area contributed by atoms with E-state index < -0.39 is 0 Å². The van der Waals surface area contributed by atoms with Crippen molar-refractivity contribution in [3.63, 3.8) is 0 Å². The maximum absolute atomic E-state index is 5.82. The van der Waals surface area contributed by atoms with Crippen molar-refractivity contribution < 1.29 is 4.74 Å². The molecule has 0 aliphatic carbocycles. The van der Waals surface area contributed by atoms with Gasteiger partial charge in [0.2, 0.25) is 11.1 Å². The SMILES string of the molecule is CCOc1nc(N)nc(Sc2ccc(Cl)cc2)n1. The average molecular weight is 283 g/mol. The number of hydrogen-bond acceptors (Lipinski definition) is 6. The lowest BCUT2D eigenvalue weighted by atomic mass is 10.4. The standard InChI is InChI=1S/C11H11ClN4OS/c1-2-17-10-14-9(13)15-11(16-10)18-8-5-3-7(12)4-6-8/h3-6H,2H2,1H3,(H2,13,14,15,16). The number of benzene rings is 1. The number of rotatable bonds is 4.